The van der Waals surface area contributed by atoms with Gasteiger partial charge in [0.05, 0.1) is 38.9 Å². The van der Waals surface area contributed by atoms with Gasteiger partial charge < -0.3 is 14.2 Å². The van der Waals surface area contributed by atoms with Gasteiger partial charge in [-0.25, -0.2) is 0 Å². The first-order chi connectivity index (χ1) is 12.0. The van der Waals surface area contributed by atoms with E-state index in [0.717, 1.165) is 32.1 Å². The lowest BCUT2D eigenvalue weighted by atomic mass is 9.97. The molecule has 3 atom stereocenters. The molecule has 0 bridgehead atoms. The van der Waals surface area contributed by atoms with Gasteiger partial charge in [-0.3, -0.25) is 14.5 Å². The Labute approximate surface area is 152 Å². The molecule has 1 heterocycles. The van der Waals surface area contributed by atoms with Gasteiger partial charge in [-0.15, -0.1) is 0 Å². The van der Waals surface area contributed by atoms with Gasteiger partial charge in [0.1, 0.15) is 0 Å². The Bertz CT molecular complexity index is 401. The first-order valence-corrected chi connectivity index (χ1v) is 9.70. The summed E-state index contributed by atoms with van der Waals surface area (Å²) in [6.45, 7) is 9.04. The van der Waals surface area contributed by atoms with E-state index in [1.165, 1.54) is 0 Å². The fraction of sp³-hybridized carbons (Fsp3) is 0.895. The summed E-state index contributed by atoms with van der Waals surface area (Å²) in [5.74, 6) is -0.368. The number of rotatable bonds is 11. The third kappa shape index (κ3) is 8.19. The van der Waals surface area contributed by atoms with Gasteiger partial charge in [-0.1, -0.05) is 26.2 Å². The summed E-state index contributed by atoms with van der Waals surface area (Å²) in [5.41, 5.74) is 0. The summed E-state index contributed by atoms with van der Waals surface area (Å²) in [6.07, 6.45) is 5.78. The second-order valence-electron chi connectivity index (χ2n) is 6.68. The minimum atomic E-state index is -0.185. The molecule has 1 aliphatic rings. The van der Waals surface area contributed by atoms with Crippen LogP contribution in [0.1, 0.15) is 72.6 Å². The molecule has 0 radical (unpaired) electrons. The predicted octanol–water partition coefficient (Wildman–Crippen LogP) is 3.28. The van der Waals surface area contributed by atoms with Crippen molar-refractivity contribution < 1.29 is 23.8 Å². The average Bonchev–Trinajstić information content (AvgIpc) is 2.55. The Hall–Kier alpha value is -1.14. The molecule has 1 aliphatic heterocycles. The second-order valence-corrected chi connectivity index (χ2v) is 6.68. The molecule has 1 saturated heterocycles. The van der Waals surface area contributed by atoms with Gasteiger partial charge in [-0.2, -0.15) is 0 Å². The van der Waals surface area contributed by atoms with Crippen molar-refractivity contribution in [3.05, 3.63) is 0 Å². The minimum Gasteiger partial charge on any atom is -0.466 e. The fourth-order valence-corrected chi connectivity index (χ4v) is 3.35. The third-order valence-electron chi connectivity index (χ3n) is 4.61. The lowest BCUT2D eigenvalue weighted by Crippen LogP contribution is -2.51. The molecule has 1 fully saturated rings. The molecule has 1 rings (SSSR count). The number of carbonyl (C=O) groups excluding carboxylic acids is 2. The lowest BCUT2D eigenvalue weighted by Gasteiger charge is -2.42. The van der Waals surface area contributed by atoms with Crippen LogP contribution in [0.4, 0.5) is 0 Å². The molecule has 25 heavy (non-hydrogen) atoms. The molecule has 0 saturated carbocycles. The van der Waals surface area contributed by atoms with Gasteiger partial charge in [-0.05, 0) is 33.6 Å². The first kappa shape index (κ1) is 21.9. The van der Waals surface area contributed by atoms with E-state index >= 15 is 0 Å². The zero-order valence-corrected chi connectivity index (χ0v) is 16.3. The Kier molecular flexibility index (Phi) is 10.7. The van der Waals surface area contributed by atoms with Crippen molar-refractivity contribution >= 4 is 11.9 Å². The molecule has 0 N–H and O–H groups in total. The largest absolute Gasteiger partial charge is 0.466 e. The van der Waals surface area contributed by atoms with E-state index in [1.54, 1.807) is 0 Å². The standard InChI is InChI=1S/C19H35NO5/c1-5-8-9-10-16(12-18(21)23-6-2)20-14-25-15(4)11-17(20)13-19(22)24-7-3/h15-17H,5-14H2,1-4H3/t15-,16-,17-/m0/s1. The van der Waals surface area contributed by atoms with E-state index in [-0.39, 0.29) is 30.1 Å². The van der Waals surface area contributed by atoms with Crippen LogP contribution in [0.2, 0.25) is 0 Å². The van der Waals surface area contributed by atoms with E-state index in [2.05, 4.69) is 11.8 Å². The van der Waals surface area contributed by atoms with Gasteiger partial charge >= 0.3 is 11.9 Å². The Morgan fingerprint density at radius 1 is 1.12 bits per heavy atom. The van der Waals surface area contributed by atoms with Gasteiger partial charge in [0.15, 0.2) is 0 Å². The zero-order valence-electron chi connectivity index (χ0n) is 16.3. The SMILES string of the molecule is CCCCC[C@@H](CC(=O)OCC)N1CO[C@@H](C)C[C@H]1CC(=O)OCC. The molecule has 0 spiro atoms. The minimum absolute atomic E-state index is 0.0394. The predicted molar refractivity (Wildman–Crippen MR) is 96.1 cm³/mol. The van der Waals surface area contributed by atoms with Crippen LogP contribution in [0, 0.1) is 0 Å². The summed E-state index contributed by atoms with van der Waals surface area (Å²) < 4.78 is 16.1. The highest BCUT2D eigenvalue weighted by atomic mass is 16.5. The van der Waals surface area contributed by atoms with Gasteiger partial charge in [0, 0.05) is 12.1 Å². The molecule has 146 valence electrons. The molecular weight excluding hydrogens is 322 g/mol. The quantitative estimate of drug-likeness (QED) is 0.418. The van der Waals surface area contributed by atoms with E-state index in [0.29, 0.717) is 32.8 Å². The maximum absolute atomic E-state index is 12.0. The number of unbranched alkanes of at least 4 members (excludes halogenated alkanes) is 2. The second kappa shape index (κ2) is 12.3. The third-order valence-corrected chi connectivity index (χ3v) is 4.61. The smallest absolute Gasteiger partial charge is 0.307 e. The first-order valence-electron chi connectivity index (χ1n) is 9.70. The molecule has 0 aromatic carbocycles. The van der Waals surface area contributed by atoms with Crippen LogP contribution in [0.25, 0.3) is 0 Å². The van der Waals surface area contributed by atoms with Crippen LogP contribution in [-0.2, 0) is 23.8 Å². The summed E-state index contributed by atoms with van der Waals surface area (Å²) in [4.78, 5) is 26.2. The van der Waals surface area contributed by atoms with E-state index in [1.807, 2.05) is 20.8 Å². The van der Waals surface area contributed by atoms with Crippen molar-refractivity contribution in [3.63, 3.8) is 0 Å². The number of carbonyl (C=O) groups is 2. The van der Waals surface area contributed by atoms with Crippen LogP contribution in [0.15, 0.2) is 0 Å². The van der Waals surface area contributed by atoms with Crippen LogP contribution < -0.4 is 0 Å². The topological polar surface area (TPSA) is 65.1 Å². The Morgan fingerprint density at radius 2 is 1.80 bits per heavy atom. The number of nitrogens with zero attached hydrogens (tertiary/aromatic N) is 1. The van der Waals surface area contributed by atoms with Crippen molar-refractivity contribution in [1.29, 1.82) is 0 Å². The van der Waals surface area contributed by atoms with Crippen LogP contribution >= 0.6 is 0 Å². The Balaban J connectivity index is 2.80. The van der Waals surface area contributed by atoms with Crippen molar-refractivity contribution in [2.45, 2.75) is 90.8 Å². The van der Waals surface area contributed by atoms with E-state index in [9.17, 15) is 9.59 Å². The summed E-state index contributed by atoms with van der Waals surface area (Å²) in [6, 6.07) is 0.0846. The van der Waals surface area contributed by atoms with Crippen molar-refractivity contribution in [2.75, 3.05) is 19.9 Å². The van der Waals surface area contributed by atoms with E-state index in [4.69, 9.17) is 14.2 Å². The fourth-order valence-electron chi connectivity index (χ4n) is 3.35. The van der Waals surface area contributed by atoms with E-state index < -0.39 is 0 Å². The number of esters is 2. The number of hydrogen-bond donors (Lipinski definition) is 0. The average molecular weight is 357 g/mol. The molecule has 0 aromatic heterocycles. The molecular formula is C19H35NO5. The maximum atomic E-state index is 12.0. The maximum Gasteiger partial charge on any atom is 0.307 e. The highest BCUT2D eigenvalue weighted by Crippen LogP contribution is 2.26. The van der Waals surface area contributed by atoms with Crippen molar-refractivity contribution in [2.24, 2.45) is 0 Å². The zero-order chi connectivity index (χ0) is 18.7. The number of hydrogen-bond acceptors (Lipinski definition) is 6. The lowest BCUT2D eigenvalue weighted by molar-refractivity contribution is -0.154. The van der Waals surface area contributed by atoms with Crippen molar-refractivity contribution in [3.8, 4) is 0 Å². The molecule has 0 aromatic rings. The van der Waals surface area contributed by atoms with Crippen molar-refractivity contribution in [1.82, 2.24) is 4.90 Å². The van der Waals surface area contributed by atoms with Crippen LogP contribution in [-0.4, -0.2) is 55.0 Å². The van der Waals surface area contributed by atoms with Crippen LogP contribution in [0.5, 0.6) is 0 Å². The summed E-state index contributed by atoms with van der Waals surface area (Å²) in [5, 5.41) is 0. The molecule has 0 amide bonds. The summed E-state index contributed by atoms with van der Waals surface area (Å²) >= 11 is 0. The summed E-state index contributed by atoms with van der Waals surface area (Å²) in [7, 11) is 0. The highest BCUT2D eigenvalue weighted by Gasteiger charge is 2.34. The van der Waals surface area contributed by atoms with Crippen LogP contribution in [0.3, 0.4) is 0 Å². The van der Waals surface area contributed by atoms with Gasteiger partial charge in [0.25, 0.3) is 0 Å². The number of ether oxygens (including phenoxy) is 3. The molecule has 0 aliphatic carbocycles. The normalized spacial score (nSPS) is 22.4. The molecule has 6 nitrogen and oxygen atoms in total. The molecule has 6 heteroatoms. The Morgan fingerprint density at radius 3 is 2.44 bits per heavy atom. The monoisotopic (exact) mass is 357 g/mol. The highest BCUT2D eigenvalue weighted by molar-refractivity contribution is 5.71. The van der Waals surface area contributed by atoms with Gasteiger partial charge in [0.2, 0.25) is 0 Å². The molecule has 0 unspecified atom stereocenters.